The number of carbonyl (C=O) groups excluding carboxylic acids is 1. The van der Waals surface area contributed by atoms with Crippen molar-refractivity contribution in [1.29, 1.82) is 0 Å². The molecule has 1 amide bonds. The zero-order valence-corrected chi connectivity index (χ0v) is 14.1. The van der Waals surface area contributed by atoms with Crippen LogP contribution in [0.3, 0.4) is 0 Å². The van der Waals surface area contributed by atoms with Crippen LogP contribution in [-0.4, -0.2) is 36.5 Å². The highest BCUT2D eigenvalue weighted by molar-refractivity contribution is 5.95. The highest BCUT2D eigenvalue weighted by atomic mass is 16.5. The number of rotatable bonds is 5. The van der Waals surface area contributed by atoms with Gasteiger partial charge in [0.05, 0.1) is 12.6 Å². The van der Waals surface area contributed by atoms with Gasteiger partial charge in [0.25, 0.3) is 0 Å². The molecule has 1 N–H and O–H groups in total. The van der Waals surface area contributed by atoms with Crippen molar-refractivity contribution in [2.45, 2.75) is 57.9 Å². The zero-order chi connectivity index (χ0) is 16.1. The summed E-state index contributed by atoms with van der Waals surface area (Å²) in [6.07, 6.45) is 7.77. The molecule has 1 aromatic carbocycles. The molecule has 2 heterocycles. The Morgan fingerprint density at radius 2 is 2.26 bits per heavy atom. The lowest BCUT2D eigenvalue weighted by Crippen LogP contribution is -2.47. The number of unbranched alkanes of at least 4 members (excludes halogenated alkanes) is 1. The van der Waals surface area contributed by atoms with Gasteiger partial charge < -0.3 is 10.1 Å². The Balaban J connectivity index is 1.65. The number of hydrogen-bond donors (Lipinski definition) is 1. The summed E-state index contributed by atoms with van der Waals surface area (Å²) in [6.45, 7) is 5.09. The summed E-state index contributed by atoms with van der Waals surface area (Å²) in [5.41, 5.74) is 2.11. The fraction of sp³-hybridized carbons (Fsp3) is 0.632. The molecule has 1 fully saturated rings. The number of ether oxygens (including phenoxy) is 1. The predicted molar refractivity (Wildman–Crippen MR) is 93.0 cm³/mol. The van der Waals surface area contributed by atoms with Crippen LogP contribution in [0.4, 0.5) is 5.69 Å². The Morgan fingerprint density at radius 1 is 1.35 bits per heavy atom. The van der Waals surface area contributed by atoms with Crippen LogP contribution in [0.15, 0.2) is 18.2 Å². The molecule has 0 aromatic heterocycles. The minimum atomic E-state index is 0.0302. The van der Waals surface area contributed by atoms with Gasteiger partial charge in [-0.3, -0.25) is 9.69 Å². The lowest BCUT2D eigenvalue weighted by atomic mass is 10.0. The topological polar surface area (TPSA) is 41.6 Å². The van der Waals surface area contributed by atoms with Gasteiger partial charge in [0, 0.05) is 5.69 Å². The average molecular weight is 316 g/mol. The van der Waals surface area contributed by atoms with Crippen LogP contribution in [0.25, 0.3) is 0 Å². The molecule has 0 saturated carbocycles. The van der Waals surface area contributed by atoms with E-state index in [1.807, 2.05) is 12.1 Å². The third-order valence-corrected chi connectivity index (χ3v) is 4.89. The monoisotopic (exact) mass is 316 g/mol. The number of fused-ring (bicyclic) bond motifs is 1. The lowest BCUT2D eigenvalue weighted by Gasteiger charge is -2.34. The highest BCUT2D eigenvalue weighted by Crippen LogP contribution is 2.28. The van der Waals surface area contributed by atoms with E-state index in [9.17, 15) is 4.79 Å². The lowest BCUT2D eigenvalue weighted by molar-refractivity contribution is -0.122. The fourth-order valence-corrected chi connectivity index (χ4v) is 3.58. The second-order valence-corrected chi connectivity index (χ2v) is 6.66. The van der Waals surface area contributed by atoms with E-state index >= 15 is 0 Å². The standard InChI is InChI=1S/C19H28N2O2/c1-2-3-11-21-12-5-4-8-17(21)19(22)20-16-9-10-18-15(14-16)7-6-13-23-18/h9-10,14,17H,2-8,11-13H2,1H3,(H,20,22)/t17-/m1/s1. The van der Waals surface area contributed by atoms with Gasteiger partial charge in [0.15, 0.2) is 0 Å². The number of likely N-dealkylation sites (tertiary alicyclic amines) is 1. The summed E-state index contributed by atoms with van der Waals surface area (Å²) in [6, 6.07) is 6.05. The third kappa shape index (κ3) is 4.05. The maximum absolute atomic E-state index is 12.7. The Bertz CT molecular complexity index is 544. The first-order valence-electron chi connectivity index (χ1n) is 9.08. The maximum atomic E-state index is 12.7. The molecule has 0 spiro atoms. The van der Waals surface area contributed by atoms with E-state index in [0.29, 0.717) is 0 Å². The van der Waals surface area contributed by atoms with Gasteiger partial charge in [-0.25, -0.2) is 0 Å². The van der Waals surface area contributed by atoms with E-state index in [-0.39, 0.29) is 11.9 Å². The van der Waals surface area contributed by atoms with E-state index < -0.39 is 0 Å². The van der Waals surface area contributed by atoms with Crippen molar-refractivity contribution in [1.82, 2.24) is 4.90 Å². The average Bonchev–Trinajstić information content (AvgIpc) is 2.60. The molecule has 126 valence electrons. The molecule has 2 aliphatic rings. The Morgan fingerprint density at radius 3 is 3.13 bits per heavy atom. The molecule has 0 unspecified atom stereocenters. The molecule has 0 aliphatic carbocycles. The largest absolute Gasteiger partial charge is 0.493 e. The summed E-state index contributed by atoms with van der Waals surface area (Å²) in [4.78, 5) is 15.1. The Hall–Kier alpha value is -1.55. The van der Waals surface area contributed by atoms with Gasteiger partial charge in [-0.1, -0.05) is 19.8 Å². The van der Waals surface area contributed by atoms with Gasteiger partial charge in [0.1, 0.15) is 5.75 Å². The number of nitrogens with zero attached hydrogens (tertiary/aromatic N) is 1. The molecule has 23 heavy (non-hydrogen) atoms. The first-order valence-corrected chi connectivity index (χ1v) is 9.08. The van der Waals surface area contributed by atoms with Crippen LogP contribution in [0.1, 0.15) is 51.0 Å². The fourth-order valence-electron chi connectivity index (χ4n) is 3.58. The van der Waals surface area contributed by atoms with Gasteiger partial charge >= 0.3 is 0 Å². The smallest absolute Gasteiger partial charge is 0.241 e. The molecule has 0 bridgehead atoms. The van der Waals surface area contributed by atoms with Crippen molar-refractivity contribution < 1.29 is 9.53 Å². The SMILES string of the molecule is CCCCN1CCCC[C@@H]1C(=O)Nc1ccc2c(c1)CCCO2. The quantitative estimate of drug-likeness (QED) is 0.902. The van der Waals surface area contributed by atoms with E-state index in [1.165, 1.54) is 24.8 Å². The van der Waals surface area contributed by atoms with Crippen LogP contribution in [-0.2, 0) is 11.2 Å². The van der Waals surface area contributed by atoms with Crippen molar-refractivity contribution in [2.75, 3.05) is 25.0 Å². The first kappa shape index (κ1) is 16.3. The molecule has 2 aliphatic heterocycles. The predicted octanol–water partition coefficient (Wildman–Crippen LogP) is 3.60. The van der Waals surface area contributed by atoms with Gasteiger partial charge in [-0.15, -0.1) is 0 Å². The molecule has 1 saturated heterocycles. The van der Waals surface area contributed by atoms with E-state index in [1.54, 1.807) is 0 Å². The van der Waals surface area contributed by atoms with Crippen LogP contribution < -0.4 is 10.1 Å². The number of nitrogens with one attached hydrogen (secondary N) is 1. The van der Waals surface area contributed by atoms with Gasteiger partial charge in [-0.05, 0) is 69.0 Å². The van der Waals surface area contributed by atoms with Crippen molar-refractivity contribution in [2.24, 2.45) is 0 Å². The maximum Gasteiger partial charge on any atom is 0.241 e. The van der Waals surface area contributed by atoms with Crippen molar-refractivity contribution in [3.05, 3.63) is 23.8 Å². The first-order chi connectivity index (χ1) is 11.3. The third-order valence-electron chi connectivity index (χ3n) is 4.89. The molecule has 1 aromatic rings. The number of carbonyl (C=O) groups is 1. The van der Waals surface area contributed by atoms with E-state index in [2.05, 4.69) is 23.2 Å². The summed E-state index contributed by atoms with van der Waals surface area (Å²) < 4.78 is 5.64. The summed E-state index contributed by atoms with van der Waals surface area (Å²) >= 11 is 0. The Kier molecular flexibility index (Phi) is 5.55. The van der Waals surface area contributed by atoms with Gasteiger partial charge in [0.2, 0.25) is 5.91 Å². The summed E-state index contributed by atoms with van der Waals surface area (Å²) in [5, 5.41) is 3.13. The summed E-state index contributed by atoms with van der Waals surface area (Å²) in [7, 11) is 0. The van der Waals surface area contributed by atoms with E-state index in [0.717, 1.165) is 56.8 Å². The minimum absolute atomic E-state index is 0.0302. The van der Waals surface area contributed by atoms with Crippen molar-refractivity contribution in [3.8, 4) is 5.75 Å². The molecule has 4 nitrogen and oxygen atoms in total. The minimum Gasteiger partial charge on any atom is -0.493 e. The second-order valence-electron chi connectivity index (χ2n) is 6.66. The molecule has 0 radical (unpaired) electrons. The normalized spacial score (nSPS) is 21.3. The molecule has 1 atom stereocenters. The van der Waals surface area contributed by atoms with Crippen LogP contribution in [0.5, 0.6) is 5.75 Å². The van der Waals surface area contributed by atoms with Crippen molar-refractivity contribution >= 4 is 11.6 Å². The Labute approximate surface area is 139 Å². The van der Waals surface area contributed by atoms with Crippen LogP contribution >= 0.6 is 0 Å². The highest BCUT2D eigenvalue weighted by Gasteiger charge is 2.28. The zero-order valence-electron chi connectivity index (χ0n) is 14.1. The van der Waals surface area contributed by atoms with E-state index in [4.69, 9.17) is 4.74 Å². The number of anilines is 1. The number of piperidine rings is 1. The number of hydrogen-bond acceptors (Lipinski definition) is 3. The number of benzene rings is 1. The number of amides is 1. The van der Waals surface area contributed by atoms with Crippen molar-refractivity contribution in [3.63, 3.8) is 0 Å². The van der Waals surface area contributed by atoms with Crippen LogP contribution in [0, 0.1) is 0 Å². The molecule has 3 rings (SSSR count). The molecular weight excluding hydrogens is 288 g/mol. The summed E-state index contributed by atoms with van der Waals surface area (Å²) in [5.74, 6) is 1.12. The second kappa shape index (κ2) is 7.82. The molecular formula is C19H28N2O2. The molecule has 4 heteroatoms. The van der Waals surface area contributed by atoms with Gasteiger partial charge in [-0.2, -0.15) is 0 Å². The number of aryl methyl sites for hydroxylation is 1. The van der Waals surface area contributed by atoms with Crippen LogP contribution in [0.2, 0.25) is 0 Å².